The average Bonchev–Trinajstić information content (AvgIpc) is 2.27. The van der Waals surface area contributed by atoms with E-state index in [1.165, 1.54) is 32.1 Å². The van der Waals surface area contributed by atoms with Crippen molar-refractivity contribution in [3.05, 3.63) is 12.2 Å². The first kappa shape index (κ1) is 13.2. The zero-order valence-electron chi connectivity index (χ0n) is 10.1. The predicted octanol–water partition coefficient (Wildman–Crippen LogP) is 2.44. The second-order valence-electron chi connectivity index (χ2n) is 4.77. The van der Waals surface area contributed by atoms with E-state index >= 15 is 0 Å². The number of carbonyl (C=O) groups excluding carboxylic acids is 1. The number of ether oxygens (including phenoxy) is 1. The highest BCUT2D eigenvalue weighted by molar-refractivity contribution is 5.86. The number of esters is 1. The first-order chi connectivity index (χ1) is 7.59. The van der Waals surface area contributed by atoms with Crippen molar-refractivity contribution < 1.29 is 14.6 Å². The third-order valence-corrected chi connectivity index (χ3v) is 3.09. The molecule has 0 aromatic rings. The van der Waals surface area contributed by atoms with Crippen molar-refractivity contribution in [2.24, 2.45) is 5.92 Å². The van der Waals surface area contributed by atoms with Gasteiger partial charge in [-0.15, -0.1) is 0 Å². The van der Waals surface area contributed by atoms with Gasteiger partial charge in [0, 0.05) is 5.57 Å². The number of aliphatic hydroxyl groups excluding tert-OH is 1. The Bertz CT molecular complexity index is 242. The van der Waals surface area contributed by atoms with Crippen LogP contribution in [0.5, 0.6) is 0 Å². The highest BCUT2D eigenvalue weighted by Gasteiger charge is 2.18. The molecule has 0 aromatic carbocycles. The fourth-order valence-electron chi connectivity index (χ4n) is 2.17. The van der Waals surface area contributed by atoms with Crippen LogP contribution in [0, 0.1) is 5.92 Å². The van der Waals surface area contributed by atoms with E-state index in [4.69, 9.17) is 4.74 Å². The average molecular weight is 226 g/mol. The molecule has 1 saturated carbocycles. The fourth-order valence-corrected chi connectivity index (χ4v) is 2.17. The van der Waals surface area contributed by atoms with E-state index in [0.717, 1.165) is 6.42 Å². The zero-order chi connectivity index (χ0) is 12.0. The van der Waals surface area contributed by atoms with Crippen molar-refractivity contribution >= 4 is 5.97 Å². The van der Waals surface area contributed by atoms with Gasteiger partial charge in [0.05, 0.1) is 6.10 Å². The van der Waals surface area contributed by atoms with Crippen LogP contribution in [0.1, 0.15) is 45.4 Å². The molecule has 3 nitrogen and oxygen atoms in total. The Labute approximate surface area is 97.5 Å². The molecule has 0 radical (unpaired) electrons. The molecule has 1 unspecified atom stereocenters. The molecule has 0 aromatic heterocycles. The number of aliphatic hydroxyl groups is 1. The van der Waals surface area contributed by atoms with Gasteiger partial charge >= 0.3 is 5.97 Å². The normalized spacial score (nSPS) is 19.1. The van der Waals surface area contributed by atoms with Gasteiger partial charge in [0.15, 0.2) is 0 Å². The lowest BCUT2D eigenvalue weighted by Gasteiger charge is -2.23. The second-order valence-corrected chi connectivity index (χ2v) is 4.77. The predicted molar refractivity (Wildman–Crippen MR) is 63.0 cm³/mol. The van der Waals surface area contributed by atoms with Crippen LogP contribution in [0.3, 0.4) is 0 Å². The second kappa shape index (κ2) is 6.69. The minimum atomic E-state index is -0.522. The molecule has 16 heavy (non-hydrogen) atoms. The quantitative estimate of drug-likeness (QED) is 0.578. The Kier molecular flexibility index (Phi) is 5.53. The number of hydrogen-bond donors (Lipinski definition) is 1. The molecule has 1 fully saturated rings. The molecular formula is C13H22O3. The van der Waals surface area contributed by atoms with Crippen molar-refractivity contribution in [2.75, 3.05) is 6.61 Å². The summed E-state index contributed by atoms with van der Waals surface area (Å²) in [6.45, 7) is 5.20. The minimum Gasteiger partial charge on any atom is -0.460 e. The van der Waals surface area contributed by atoms with Crippen LogP contribution in [-0.4, -0.2) is 23.8 Å². The minimum absolute atomic E-state index is 0.0994. The summed E-state index contributed by atoms with van der Waals surface area (Å²) in [7, 11) is 0. The van der Waals surface area contributed by atoms with Crippen LogP contribution in [0.25, 0.3) is 0 Å². The SMILES string of the molecule is C=C(C)C(=O)OCC(O)CC1CCCCC1. The smallest absolute Gasteiger partial charge is 0.333 e. The fraction of sp³-hybridized carbons (Fsp3) is 0.769. The van der Waals surface area contributed by atoms with Crippen LogP contribution in [0.4, 0.5) is 0 Å². The molecule has 0 spiro atoms. The first-order valence-electron chi connectivity index (χ1n) is 6.10. The van der Waals surface area contributed by atoms with Gasteiger partial charge in [-0.1, -0.05) is 38.7 Å². The highest BCUT2D eigenvalue weighted by Crippen LogP contribution is 2.27. The highest BCUT2D eigenvalue weighted by atomic mass is 16.5. The lowest BCUT2D eigenvalue weighted by Crippen LogP contribution is -2.23. The number of rotatable bonds is 5. The van der Waals surface area contributed by atoms with Gasteiger partial charge in [-0.2, -0.15) is 0 Å². The molecule has 1 aliphatic carbocycles. The van der Waals surface area contributed by atoms with E-state index in [9.17, 15) is 9.90 Å². The van der Waals surface area contributed by atoms with Crippen molar-refractivity contribution in [2.45, 2.75) is 51.6 Å². The lowest BCUT2D eigenvalue weighted by atomic mass is 9.85. The first-order valence-corrected chi connectivity index (χ1v) is 6.10. The summed E-state index contributed by atoms with van der Waals surface area (Å²) in [6, 6.07) is 0. The third-order valence-electron chi connectivity index (χ3n) is 3.09. The Morgan fingerprint density at radius 3 is 2.62 bits per heavy atom. The molecule has 92 valence electrons. The molecule has 1 aliphatic rings. The van der Waals surface area contributed by atoms with Crippen LogP contribution in [0.15, 0.2) is 12.2 Å². The molecule has 0 amide bonds. The molecule has 0 heterocycles. The van der Waals surface area contributed by atoms with E-state index in [0.29, 0.717) is 11.5 Å². The monoisotopic (exact) mass is 226 g/mol. The van der Waals surface area contributed by atoms with Crippen molar-refractivity contribution in [3.63, 3.8) is 0 Å². The molecule has 0 saturated heterocycles. The summed E-state index contributed by atoms with van der Waals surface area (Å²) in [6.07, 6.45) is 6.48. The number of carbonyl (C=O) groups is 1. The standard InChI is InChI=1S/C13H22O3/c1-10(2)13(15)16-9-12(14)8-11-6-4-3-5-7-11/h11-12,14H,1,3-9H2,2H3. The van der Waals surface area contributed by atoms with Crippen molar-refractivity contribution in [3.8, 4) is 0 Å². The summed E-state index contributed by atoms with van der Waals surface area (Å²) in [5.74, 6) is 0.190. The van der Waals surface area contributed by atoms with E-state index in [1.807, 2.05) is 0 Å². The van der Waals surface area contributed by atoms with Crippen LogP contribution in [-0.2, 0) is 9.53 Å². The van der Waals surface area contributed by atoms with E-state index in [-0.39, 0.29) is 6.61 Å². The Hall–Kier alpha value is -0.830. The molecule has 1 atom stereocenters. The van der Waals surface area contributed by atoms with Crippen molar-refractivity contribution in [1.29, 1.82) is 0 Å². The molecule has 1 rings (SSSR count). The Morgan fingerprint density at radius 2 is 2.06 bits per heavy atom. The van der Waals surface area contributed by atoms with E-state index in [2.05, 4.69) is 6.58 Å². The maximum absolute atomic E-state index is 11.1. The molecule has 1 N–H and O–H groups in total. The maximum atomic E-state index is 11.1. The molecule has 0 aliphatic heterocycles. The van der Waals surface area contributed by atoms with E-state index < -0.39 is 12.1 Å². The molecule has 3 heteroatoms. The van der Waals surface area contributed by atoms with Gasteiger partial charge in [0.2, 0.25) is 0 Å². The summed E-state index contributed by atoms with van der Waals surface area (Å²) < 4.78 is 4.92. The largest absolute Gasteiger partial charge is 0.460 e. The summed E-state index contributed by atoms with van der Waals surface area (Å²) in [5, 5.41) is 9.73. The zero-order valence-corrected chi connectivity index (χ0v) is 10.1. The van der Waals surface area contributed by atoms with Crippen LogP contribution in [0.2, 0.25) is 0 Å². The van der Waals surface area contributed by atoms with E-state index in [1.54, 1.807) is 6.92 Å². The van der Waals surface area contributed by atoms with Gasteiger partial charge in [-0.25, -0.2) is 4.79 Å². The maximum Gasteiger partial charge on any atom is 0.333 e. The van der Waals surface area contributed by atoms with Gasteiger partial charge in [0.1, 0.15) is 6.61 Å². The summed E-state index contributed by atoms with van der Waals surface area (Å²) in [5.41, 5.74) is 0.380. The third kappa shape index (κ3) is 4.79. The van der Waals surface area contributed by atoms with Crippen LogP contribution < -0.4 is 0 Å². The van der Waals surface area contributed by atoms with Gasteiger partial charge < -0.3 is 9.84 Å². The number of hydrogen-bond acceptors (Lipinski definition) is 3. The summed E-state index contributed by atoms with van der Waals surface area (Å²) >= 11 is 0. The Balaban J connectivity index is 2.17. The van der Waals surface area contributed by atoms with Gasteiger partial charge in [-0.05, 0) is 19.3 Å². The molecular weight excluding hydrogens is 204 g/mol. The Morgan fingerprint density at radius 1 is 1.44 bits per heavy atom. The van der Waals surface area contributed by atoms with Gasteiger partial charge in [-0.3, -0.25) is 0 Å². The summed E-state index contributed by atoms with van der Waals surface area (Å²) in [4.78, 5) is 11.1. The van der Waals surface area contributed by atoms with Crippen LogP contribution >= 0.6 is 0 Å². The molecule has 0 bridgehead atoms. The van der Waals surface area contributed by atoms with Gasteiger partial charge in [0.25, 0.3) is 0 Å². The van der Waals surface area contributed by atoms with Crippen molar-refractivity contribution in [1.82, 2.24) is 0 Å². The topological polar surface area (TPSA) is 46.5 Å². The lowest BCUT2D eigenvalue weighted by molar-refractivity contribution is -0.142.